The number of hydrogen-bond donors (Lipinski definition) is 1. The molecule has 0 aliphatic carbocycles. The van der Waals surface area contributed by atoms with Gasteiger partial charge < -0.3 is 10.2 Å². The second-order valence-corrected chi connectivity index (χ2v) is 3.61. The van der Waals surface area contributed by atoms with Gasteiger partial charge in [-0.1, -0.05) is 27.2 Å². The molecule has 1 rings (SSSR count). The minimum atomic E-state index is 0.164. The van der Waals surface area contributed by atoms with E-state index in [0.717, 1.165) is 13.1 Å². The van der Waals surface area contributed by atoms with Crippen molar-refractivity contribution in [2.75, 3.05) is 26.2 Å². The first kappa shape index (κ1) is 14.4. The highest BCUT2D eigenvalue weighted by molar-refractivity contribution is 5.75. The van der Waals surface area contributed by atoms with Gasteiger partial charge in [-0.25, -0.2) is 0 Å². The molecule has 1 N–H and O–H groups in total. The van der Waals surface area contributed by atoms with Crippen LogP contribution < -0.4 is 5.32 Å². The molecule has 90 valence electrons. The fourth-order valence-electron chi connectivity index (χ4n) is 1.66. The predicted octanol–water partition coefficient (Wildman–Crippen LogP) is 2.02. The van der Waals surface area contributed by atoms with Crippen LogP contribution in [0.1, 0.15) is 46.5 Å². The van der Waals surface area contributed by atoms with Crippen LogP contribution >= 0.6 is 0 Å². The maximum Gasteiger partial charge on any atom is 0.219 e. The van der Waals surface area contributed by atoms with Crippen molar-refractivity contribution < 1.29 is 4.79 Å². The standard InChI is InChI=1S/C10H20N2O.C2H6/c1-2-10(13)11-6-9-12-7-4-3-5-8-12;1-2/h2-9H2,1H3,(H,11,13);1-2H3. The van der Waals surface area contributed by atoms with Gasteiger partial charge in [-0.3, -0.25) is 4.79 Å². The molecule has 1 fully saturated rings. The van der Waals surface area contributed by atoms with Crippen molar-refractivity contribution in [2.45, 2.75) is 46.5 Å². The predicted molar refractivity (Wildman–Crippen MR) is 64.9 cm³/mol. The first-order valence-electron chi connectivity index (χ1n) is 6.32. The molecule has 0 spiro atoms. The molecular formula is C12H26N2O. The van der Waals surface area contributed by atoms with Crippen LogP contribution in [0, 0.1) is 0 Å². The van der Waals surface area contributed by atoms with Crippen LogP contribution in [0.15, 0.2) is 0 Å². The number of hydrogen-bond acceptors (Lipinski definition) is 2. The lowest BCUT2D eigenvalue weighted by atomic mass is 10.1. The Bertz CT molecular complexity index is 154. The summed E-state index contributed by atoms with van der Waals surface area (Å²) in [6, 6.07) is 0. The van der Waals surface area contributed by atoms with Crippen LogP contribution in [0.4, 0.5) is 0 Å². The number of nitrogens with zero attached hydrogens (tertiary/aromatic N) is 1. The summed E-state index contributed by atoms with van der Waals surface area (Å²) >= 11 is 0. The van der Waals surface area contributed by atoms with E-state index in [0.29, 0.717) is 6.42 Å². The van der Waals surface area contributed by atoms with Crippen molar-refractivity contribution >= 4 is 5.91 Å². The minimum Gasteiger partial charge on any atom is -0.355 e. The molecule has 0 radical (unpaired) electrons. The SMILES string of the molecule is CC.CCC(=O)NCCN1CCCCC1. The Kier molecular flexibility index (Phi) is 9.59. The van der Waals surface area contributed by atoms with E-state index in [1.807, 2.05) is 20.8 Å². The quantitative estimate of drug-likeness (QED) is 0.776. The summed E-state index contributed by atoms with van der Waals surface area (Å²) in [7, 11) is 0. The summed E-state index contributed by atoms with van der Waals surface area (Å²) in [6.07, 6.45) is 4.61. The Balaban J connectivity index is 0.000000921. The molecule has 0 bridgehead atoms. The van der Waals surface area contributed by atoms with Crippen LogP contribution in [-0.4, -0.2) is 37.0 Å². The highest BCUT2D eigenvalue weighted by atomic mass is 16.1. The molecule has 1 amide bonds. The number of likely N-dealkylation sites (tertiary alicyclic amines) is 1. The van der Waals surface area contributed by atoms with Crippen LogP contribution in [0.2, 0.25) is 0 Å². The summed E-state index contributed by atoms with van der Waals surface area (Å²) in [5, 5.41) is 2.90. The molecule has 3 nitrogen and oxygen atoms in total. The number of carbonyl (C=O) groups excluding carboxylic acids is 1. The monoisotopic (exact) mass is 214 g/mol. The van der Waals surface area contributed by atoms with E-state index in [4.69, 9.17) is 0 Å². The molecule has 0 aromatic heterocycles. The summed E-state index contributed by atoms with van der Waals surface area (Å²) in [5.74, 6) is 0.164. The lowest BCUT2D eigenvalue weighted by molar-refractivity contribution is -0.120. The number of amides is 1. The summed E-state index contributed by atoms with van der Waals surface area (Å²) in [5.41, 5.74) is 0. The fraction of sp³-hybridized carbons (Fsp3) is 0.917. The van der Waals surface area contributed by atoms with Crippen molar-refractivity contribution in [3.63, 3.8) is 0 Å². The average molecular weight is 214 g/mol. The average Bonchev–Trinajstić information content (AvgIpc) is 2.33. The molecule has 0 atom stereocenters. The van der Waals surface area contributed by atoms with Crippen LogP contribution in [0.5, 0.6) is 0 Å². The Hall–Kier alpha value is -0.570. The second kappa shape index (κ2) is 9.97. The third-order valence-electron chi connectivity index (χ3n) is 2.52. The molecule has 1 aliphatic rings. The van der Waals surface area contributed by atoms with Gasteiger partial charge >= 0.3 is 0 Å². The zero-order valence-electron chi connectivity index (χ0n) is 10.5. The van der Waals surface area contributed by atoms with Crippen LogP contribution in [0.3, 0.4) is 0 Å². The summed E-state index contributed by atoms with van der Waals surface area (Å²) in [6.45, 7) is 10.1. The van der Waals surface area contributed by atoms with Gasteiger partial charge in [0.25, 0.3) is 0 Å². The molecule has 1 heterocycles. The Morgan fingerprint density at radius 3 is 2.33 bits per heavy atom. The van der Waals surface area contributed by atoms with Crippen molar-refractivity contribution in [3.8, 4) is 0 Å². The van der Waals surface area contributed by atoms with Gasteiger partial charge in [0.2, 0.25) is 5.91 Å². The molecule has 0 aromatic rings. The zero-order chi connectivity index (χ0) is 11.5. The Morgan fingerprint density at radius 2 is 1.80 bits per heavy atom. The number of nitrogens with one attached hydrogen (secondary N) is 1. The maximum atomic E-state index is 10.9. The number of rotatable bonds is 4. The molecule has 0 saturated carbocycles. The van der Waals surface area contributed by atoms with E-state index in [1.165, 1.54) is 32.4 Å². The van der Waals surface area contributed by atoms with Gasteiger partial charge in [0.15, 0.2) is 0 Å². The Labute approximate surface area is 94.2 Å². The fourth-order valence-corrected chi connectivity index (χ4v) is 1.66. The van der Waals surface area contributed by atoms with E-state index in [-0.39, 0.29) is 5.91 Å². The van der Waals surface area contributed by atoms with Gasteiger partial charge in [-0.15, -0.1) is 0 Å². The van der Waals surface area contributed by atoms with Crippen molar-refractivity contribution in [1.29, 1.82) is 0 Å². The summed E-state index contributed by atoms with van der Waals surface area (Å²) < 4.78 is 0. The van der Waals surface area contributed by atoms with Gasteiger partial charge in [-0.2, -0.15) is 0 Å². The van der Waals surface area contributed by atoms with E-state index >= 15 is 0 Å². The minimum absolute atomic E-state index is 0.164. The van der Waals surface area contributed by atoms with Crippen LogP contribution in [0.25, 0.3) is 0 Å². The normalized spacial score (nSPS) is 16.5. The number of carbonyl (C=O) groups is 1. The Morgan fingerprint density at radius 1 is 1.20 bits per heavy atom. The lowest BCUT2D eigenvalue weighted by Crippen LogP contribution is -2.37. The molecule has 3 heteroatoms. The molecular weight excluding hydrogens is 188 g/mol. The molecule has 0 aromatic carbocycles. The molecule has 0 unspecified atom stereocenters. The van der Waals surface area contributed by atoms with Gasteiger partial charge in [0.1, 0.15) is 0 Å². The van der Waals surface area contributed by atoms with Crippen LogP contribution in [-0.2, 0) is 4.79 Å². The summed E-state index contributed by atoms with van der Waals surface area (Å²) in [4.78, 5) is 13.4. The highest BCUT2D eigenvalue weighted by Gasteiger charge is 2.09. The van der Waals surface area contributed by atoms with Gasteiger partial charge in [0.05, 0.1) is 0 Å². The van der Waals surface area contributed by atoms with Crippen molar-refractivity contribution in [3.05, 3.63) is 0 Å². The first-order valence-corrected chi connectivity index (χ1v) is 6.32. The number of piperidine rings is 1. The smallest absolute Gasteiger partial charge is 0.219 e. The zero-order valence-corrected chi connectivity index (χ0v) is 10.5. The van der Waals surface area contributed by atoms with Crippen molar-refractivity contribution in [1.82, 2.24) is 10.2 Å². The van der Waals surface area contributed by atoms with Gasteiger partial charge in [-0.05, 0) is 25.9 Å². The second-order valence-electron chi connectivity index (χ2n) is 3.61. The van der Waals surface area contributed by atoms with Gasteiger partial charge in [0, 0.05) is 19.5 Å². The maximum absolute atomic E-state index is 10.9. The third-order valence-corrected chi connectivity index (χ3v) is 2.52. The highest BCUT2D eigenvalue weighted by Crippen LogP contribution is 2.07. The van der Waals surface area contributed by atoms with Crippen molar-refractivity contribution in [2.24, 2.45) is 0 Å². The third kappa shape index (κ3) is 7.37. The van der Waals surface area contributed by atoms with E-state index in [9.17, 15) is 4.79 Å². The topological polar surface area (TPSA) is 32.3 Å². The molecule has 1 aliphatic heterocycles. The first-order chi connectivity index (χ1) is 7.33. The molecule has 15 heavy (non-hydrogen) atoms. The van der Waals surface area contributed by atoms with E-state index in [2.05, 4.69) is 10.2 Å². The van der Waals surface area contributed by atoms with E-state index < -0.39 is 0 Å². The largest absolute Gasteiger partial charge is 0.355 e. The lowest BCUT2D eigenvalue weighted by Gasteiger charge is -2.26. The van der Waals surface area contributed by atoms with E-state index in [1.54, 1.807) is 0 Å². The molecule has 1 saturated heterocycles.